The Morgan fingerprint density at radius 3 is 2.70 bits per heavy atom. The van der Waals surface area contributed by atoms with Crippen LogP contribution in [0.3, 0.4) is 0 Å². The van der Waals surface area contributed by atoms with Crippen LogP contribution in [0.4, 0.5) is 0 Å². The third-order valence-electron chi connectivity index (χ3n) is 3.86. The Balaban J connectivity index is 2.08. The first-order valence-electron chi connectivity index (χ1n) is 7.49. The normalized spacial score (nSPS) is 15.4. The van der Waals surface area contributed by atoms with Crippen LogP contribution in [0, 0.1) is 0 Å². The van der Waals surface area contributed by atoms with Crippen LogP contribution in [0.5, 0.6) is 5.75 Å². The molecule has 0 atom stereocenters. The van der Waals surface area contributed by atoms with Gasteiger partial charge in [0.05, 0.1) is 0 Å². The molecule has 0 fully saturated rings. The highest BCUT2D eigenvalue weighted by atomic mass is 35.5. The summed E-state index contributed by atoms with van der Waals surface area (Å²) in [5, 5.41) is 0. The van der Waals surface area contributed by atoms with E-state index in [1.54, 1.807) is 18.5 Å². The fourth-order valence-electron chi connectivity index (χ4n) is 2.66. The summed E-state index contributed by atoms with van der Waals surface area (Å²) >= 11 is 5.91. The molecule has 2 aromatic carbocycles. The maximum atomic E-state index is 11.7. The number of carbonyl (C=O) groups excluding carboxylic acids is 1. The SMILES string of the molecule is CC(=O)c1ccc2c(c1)C(Cc1ccccc1)=C/C(=C/Cl)CO2. The van der Waals surface area contributed by atoms with E-state index in [9.17, 15) is 4.79 Å². The summed E-state index contributed by atoms with van der Waals surface area (Å²) in [6, 6.07) is 15.8. The molecule has 23 heavy (non-hydrogen) atoms. The minimum absolute atomic E-state index is 0.0456. The molecule has 0 unspecified atom stereocenters. The Bertz CT molecular complexity index is 789. The number of allylic oxidation sites excluding steroid dienone is 1. The van der Waals surface area contributed by atoms with E-state index < -0.39 is 0 Å². The Morgan fingerprint density at radius 2 is 2.00 bits per heavy atom. The second kappa shape index (κ2) is 6.84. The van der Waals surface area contributed by atoms with Gasteiger partial charge in [-0.3, -0.25) is 4.79 Å². The molecule has 1 aliphatic heterocycles. The van der Waals surface area contributed by atoms with Crippen molar-refractivity contribution in [3.05, 3.63) is 82.4 Å². The maximum absolute atomic E-state index is 11.7. The Kier molecular flexibility index (Phi) is 4.63. The van der Waals surface area contributed by atoms with Crippen LogP contribution in [0.25, 0.3) is 5.57 Å². The smallest absolute Gasteiger partial charge is 0.159 e. The van der Waals surface area contributed by atoms with Crippen molar-refractivity contribution in [2.45, 2.75) is 13.3 Å². The lowest BCUT2D eigenvalue weighted by atomic mass is 9.94. The van der Waals surface area contributed by atoms with Gasteiger partial charge in [0.25, 0.3) is 0 Å². The van der Waals surface area contributed by atoms with E-state index in [0.717, 1.165) is 28.9 Å². The summed E-state index contributed by atoms with van der Waals surface area (Å²) in [7, 11) is 0. The van der Waals surface area contributed by atoms with Gasteiger partial charge in [0.2, 0.25) is 0 Å². The molecule has 0 aliphatic carbocycles. The number of fused-ring (bicyclic) bond motifs is 1. The molecule has 116 valence electrons. The van der Waals surface area contributed by atoms with Crippen molar-refractivity contribution in [2.75, 3.05) is 6.61 Å². The summed E-state index contributed by atoms with van der Waals surface area (Å²) in [6.45, 7) is 2.00. The van der Waals surface area contributed by atoms with Crippen LogP contribution in [-0.4, -0.2) is 12.4 Å². The zero-order chi connectivity index (χ0) is 16.2. The molecular formula is C20H17ClO2. The van der Waals surface area contributed by atoms with Crippen molar-refractivity contribution >= 4 is 23.0 Å². The highest BCUT2D eigenvalue weighted by Crippen LogP contribution is 2.33. The molecule has 2 aromatic rings. The van der Waals surface area contributed by atoms with E-state index in [0.29, 0.717) is 12.2 Å². The molecule has 0 spiro atoms. The third-order valence-corrected chi connectivity index (χ3v) is 4.14. The molecule has 3 heteroatoms. The van der Waals surface area contributed by atoms with Gasteiger partial charge >= 0.3 is 0 Å². The first kappa shape index (κ1) is 15.6. The highest BCUT2D eigenvalue weighted by Gasteiger charge is 2.16. The van der Waals surface area contributed by atoms with Crippen LogP contribution in [0.1, 0.15) is 28.4 Å². The lowest BCUT2D eigenvalue weighted by molar-refractivity contribution is 0.101. The average molecular weight is 325 g/mol. The standard InChI is InChI=1S/C20H17ClO2/c1-14(22)17-7-8-20-19(11-17)18(10-16(12-21)13-23-20)9-15-5-3-2-4-6-15/h2-8,10-12H,9,13H2,1H3/b16-12-. The van der Waals surface area contributed by atoms with E-state index in [-0.39, 0.29) is 5.78 Å². The van der Waals surface area contributed by atoms with Gasteiger partial charge in [0.1, 0.15) is 12.4 Å². The first-order chi connectivity index (χ1) is 11.2. The fraction of sp³-hybridized carbons (Fsp3) is 0.150. The number of Topliss-reactive ketones (excluding diaryl/α,β-unsaturated/α-hetero) is 1. The minimum atomic E-state index is 0.0456. The zero-order valence-electron chi connectivity index (χ0n) is 12.9. The molecule has 0 bridgehead atoms. The molecule has 0 aromatic heterocycles. The summed E-state index contributed by atoms with van der Waals surface area (Å²) in [5.41, 5.74) is 6.40. The number of hydrogen-bond acceptors (Lipinski definition) is 2. The predicted molar refractivity (Wildman–Crippen MR) is 94.0 cm³/mol. The number of carbonyl (C=O) groups is 1. The van der Waals surface area contributed by atoms with Gasteiger partial charge in [0.15, 0.2) is 5.78 Å². The fourth-order valence-corrected chi connectivity index (χ4v) is 2.78. The van der Waals surface area contributed by atoms with Gasteiger partial charge < -0.3 is 4.74 Å². The van der Waals surface area contributed by atoms with Crippen molar-refractivity contribution < 1.29 is 9.53 Å². The molecule has 1 heterocycles. The molecule has 1 aliphatic rings. The maximum Gasteiger partial charge on any atom is 0.159 e. The lowest BCUT2D eigenvalue weighted by Gasteiger charge is -2.12. The Hall–Kier alpha value is -2.32. The monoisotopic (exact) mass is 324 g/mol. The van der Waals surface area contributed by atoms with E-state index in [1.165, 1.54) is 5.56 Å². The summed E-state index contributed by atoms with van der Waals surface area (Å²) in [6.07, 6.45) is 2.81. The quantitative estimate of drug-likeness (QED) is 0.740. The number of halogens is 1. The van der Waals surface area contributed by atoms with Crippen molar-refractivity contribution in [2.24, 2.45) is 0 Å². The number of rotatable bonds is 3. The van der Waals surface area contributed by atoms with E-state index >= 15 is 0 Å². The topological polar surface area (TPSA) is 26.3 Å². The number of benzene rings is 2. The van der Waals surface area contributed by atoms with Gasteiger partial charge in [-0.05, 0) is 42.7 Å². The van der Waals surface area contributed by atoms with E-state index in [4.69, 9.17) is 16.3 Å². The summed E-state index contributed by atoms with van der Waals surface area (Å²) in [4.78, 5) is 11.7. The van der Waals surface area contributed by atoms with Crippen LogP contribution in [-0.2, 0) is 6.42 Å². The second-order valence-corrected chi connectivity index (χ2v) is 5.79. The van der Waals surface area contributed by atoms with E-state index in [2.05, 4.69) is 18.2 Å². The molecule has 0 saturated heterocycles. The molecule has 0 amide bonds. The molecule has 0 radical (unpaired) electrons. The Labute approximate surface area is 141 Å². The second-order valence-electron chi connectivity index (χ2n) is 5.57. The predicted octanol–water partition coefficient (Wildman–Crippen LogP) is 5.03. The zero-order valence-corrected chi connectivity index (χ0v) is 13.6. The number of ketones is 1. The largest absolute Gasteiger partial charge is 0.488 e. The average Bonchev–Trinajstić information content (AvgIpc) is 2.75. The summed E-state index contributed by atoms with van der Waals surface area (Å²) < 4.78 is 5.84. The molecule has 3 rings (SSSR count). The lowest BCUT2D eigenvalue weighted by Crippen LogP contribution is -2.00. The third kappa shape index (κ3) is 3.54. The molecule has 2 nitrogen and oxygen atoms in total. The molecule has 0 saturated carbocycles. The van der Waals surface area contributed by atoms with Gasteiger partial charge in [-0.2, -0.15) is 0 Å². The van der Waals surface area contributed by atoms with E-state index in [1.807, 2.05) is 30.3 Å². The van der Waals surface area contributed by atoms with Crippen LogP contribution >= 0.6 is 11.6 Å². The first-order valence-corrected chi connectivity index (χ1v) is 7.93. The van der Waals surface area contributed by atoms with Gasteiger partial charge in [-0.15, -0.1) is 0 Å². The van der Waals surface area contributed by atoms with Crippen LogP contribution < -0.4 is 4.74 Å². The van der Waals surface area contributed by atoms with Crippen molar-refractivity contribution in [3.8, 4) is 5.75 Å². The Morgan fingerprint density at radius 1 is 1.22 bits per heavy atom. The molecule has 0 N–H and O–H groups in total. The van der Waals surface area contributed by atoms with Gasteiger partial charge in [0, 0.05) is 22.2 Å². The number of hydrogen-bond donors (Lipinski definition) is 0. The van der Waals surface area contributed by atoms with Crippen LogP contribution in [0.15, 0.2) is 65.7 Å². The van der Waals surface area contributed by atoms with Crippen LogP contribution in [0.2, 0.25) is 0 Å². The summed E-state index contributed by atoms with van der Waals surface area (Å²) in [5.74, 6) is 0.829. The van der Waals surface area contributed by atoms with Crippen molar-refractivity contribution in [3.63, 3.8) is 0 Å². The minimum Gasteiger partial charge on any atom is -0.488 e. The van der Waals surface area contributed by atoms with Crippen molar-refractivity contribution in [1.82, 2.24) is 0 Å². The molecular weight excluding hydrogens is 308 g/mol. The van der Waals surface area contributed by atoms with Gasteiger partial charge in [-0.1, -0.05) is 48.0 Å². The van der Waals surface area contributed by atoms with Gasteiger partial charge in [-0.25, -0.2) is 0 Å². The van der Waals surface area contributed by atoms with Crippen molar-refractivity contribution in [1.29, 1.82) is 0 Å². The number of ether oxygens (including phenoxy) is 1. The highest BCUT2D eigenvalue weighted by molar-refractivity contribution is 6.26.